The van der Waals surface area contributed by atoms with Gasteiger partial charge in [0.1, 0.15) is 0 Å². The first-order valence-corrected chi connectivity index (χ1v) is 5.81. The smallest absolute Gasteiger partial charge is 0.0589 e. The van der Waals surface area contributed by atoms with Gasteiger partial charge in [-0.15, -0.1) is 11.8 Å². The van der Waals surface area contributed by atoms with Crippen molar-refractivity contribution in [2.45, 2.75) is 16.6 Å². The van der Waals surface area contributed by atoms with Gasteiger partial charge in [-0.25, -0.2) is 0 Å². The molecule has 4 heteroatoms. The predicted molar refractivity (Wildman–Crippen MR) is 60.9 cm³/mol. The molecule has 1 aromatic rings. The van der Waals surface area contributed by atoms with Crippen LogP contribution in [0.25, 0.3) is 0 Å². The second-order valence-electron chi connectivity index (χ2n) is 3.29. The third kappa shape index (κ3) is 2.35. The number of nitrogen functional groups attached to an aromatic ring is 1. The van der Waals surface area contributed by atoms with E-state index in [9.17, 15) is 0 Å². The molecule has 2 N–H and O–H groups in total. The van der Waals surface area contributed by atoms with Gasteiger partial charge in [0.05, 0.1) is 11.6 Å². The Labute approximate surface area is 92.8 Å². The second kappa shape index (κ2) is 4.43. The van der Waals surface area contributed by atoms with Crippen LogP contribution in [-0.4, -0.2) is 18.5 Å². The summed E-state index contributed by atoms with van der Waals surface area (Å²) in [6.07, 6.45) is 1.10. The molecule has 1 aromatic carbocycles. The maximum atomic E-state index is 6.07. The lowest BCUT2D eigenvalue weighted by Gasteiger charge is -2.09. The third-order valence-corrected chi connectivity index (χ3v) is 3.88. The molecule has 1 fully saturated rings. The molecule has 1 unspecified atom stereocenters. The van der Waals surface area contributed by atoms with Gasteiger partial charge in [-0.05, 0) is 24.6 Å². The molecule has 14 heavy (non-hydrogen) atoms. The van der Waals surface area contributed by atoms with Crippen LogP contribution in [0.2, 0.25) is 5.02 Å². The van der Waals surface area contributed by atoms with Crippen molar-refractivity contribution in [3.8, 4) is 0 Å². The summed E-state index contributed by atoms with van der Waals surface area (Å²) < 4.78 is 5.30. The van der Waals surface area contributed by atoms with Crippen molar-refractivity contribution in [2.24, 2.45) is 0 Å². The van der Waals surface area contributed by atoms with E-state index in [0.717, 1.165) is 29.6 Å². The van der Waals surface area contributed by atoms with E-state index in [2.05, 4.69) is 0 Å². The summed E-state index contributed by atoms with van der Waals surface area (Å²) in [5.41, 5.74) is 6.33. The van der Waals surface area contributed by atoms with Crippen LogP contribution in [0.5, 0.6) is 0 Å². The highest BCUT2D eigenvalue weighted by molar-refractivity contribution is 8.00. The molecule has 1 atom stereocenters. The lowest BCUT2D eigenvalue weighted by atomic mass is 10.3. The Morgan fingerprint density at radius 2 is 2.36 bits per heavy atom. The zero-order valence-corrected chi connectivity index (χ0v) is 9.27. The first kappa shape index (κ1) is 10.1. The fraction of sp³-hybridized carbons (Fsp3) is 0.400. The summed E-state index contributed by atoms with van der Waals surface area (Å²) in [7, 11) is 0. The number of rotatable bonds is 2. The molecule has 1 heterocycles. The molecule has 0 saturated carbocycles. The highest BCUT2D eigenvalue weighted by Gasteiger charge is 2.17. The van der Waals surface area contributed by atoms with Crippen molar-refractivity contribution in [3.05, 3.63) is 23.2 Å². The minimum Gasteiger partial charge on any atom is -0.399 e. The Kier molecular flexibility index (Phi) is 3.21. The Hall–Kier alpha value is -0.380. The van der Waals surface area contributed by atoms with Crippen LogP contribution in [0.15, 0.2) is 23.1 Å². The van der Waals surface area contributed by atoms with Crippen molar-refractivity contribution in [2.75, 3.05) is 18.9 Å². The van der Waals surface area contributed by atoms with E-state index in [0.29, 0.717) is 10.9 Å². The first-order valence-electron chi connectivity index (χ1n) is 4.55. The van der Waals surface area contributed by atoms with Gasteiger partial charge in [-0.3, -0.25) is 0 Å². The summed E-state index contributed by atoms with van der Waals surface area (Å²) in [6, 6.07) is 5.64. The van der Waals surface area contributed by atoms with Crippen LogP contribution < -0.4 is 5.73 Å². The van der Waals surface area contributed by atoms with E-state index in [-0.39, 0.29) is 0 Å². The molecule has 1 saturated heterocycles. The Bertz CT molecular complexity index is 326. The minimum atomic E-state index is 0.538. The molecule has 2 rings (SSSR count). The Morgan fingerprint density at radius 1 is 1.50 bits per heavy atom. The zero-order valence-electron chi connectivity index (χ0n) is 7.70. The standard InChI is InChI=1S/C10H12ClNOS/c11-9-5-7(12)1-2-10(9)14-8-3-4-13-6-8/h1-2,5,8H,3-4,6,12H2. The molecule has 0 bridgehead atoms. The van der Waals surface area contributed by atoms with Crippen LogP contribution in [0, 0.1) is 0 Å². The summed E-state index contributed by atoms with van der Waals surface area (Å²) >= 11 is 7.84. The largest absolute Gasteiger partial charge is 0.399 e. The van der Waals surface area contributed by atoms with Crippen molar-refractivity contribution in [1.82, 2.24) is 0 Å². The topological polar surface area (TPSA) is 35.2 Å². The number of hydrogen-bond donors (Lipinski definition) is 1. The van der Waals surface area contributed by atoms with Crippen molar-refractivity contribution < 1.29 is 4.74 Å². The maximum Gasteiger partial charge on any atom is 0.0589 e. The highest BCUT2D eigenvalue weighted by atomic mass is 35.5. The molecule has 0 spiro atoms. The van der Waals surface area contributed by atoms with Crippen molar-refractivity contribution in [3.63, 3.8) is 0 Å². The molecule has 1 aliphatic rings. The van der Waals surface area contributed by atoms with E-state index in [4.69, 9.17) is 22.1 Å². The van der Waals surface area contributed by atoms with E-state index in [1.807, 2.05) is 12.1 Å². The molecule has 1 aliphatic heterocycles. The summed E-state index contributed by atoms with van der Waals surface area (Å²) in [4.78, 5) is 1.09. The molecule has 0 aromatic heterocycles. The van der Waals surface area contributed by atoms with Crippen LogP contribution in [0.3, 0.4) is 0 Å². The van der Waals surface area contributed by atoms with Gasteiger partial charge in [0, 0.05) is 22.4 Å². The molecule has 0 amide bonds. The number of nitrogens with two attached hydrogens (primary N) is 1. The quantitative estimate of drug-likeness (QED) is 0.793. The van der Waals surface area contributed by atoms with Gasteiger partial charge >= 0.3 is 0 Å². The van der Waals surface area contributed by atoms with Gasteiger partial charge in [0.25, 0.3) is 0 Å². The monoisotopic (exact) mass is 229 g/mol. The number of halogens is 1. The maximum absolute atomic E-state index is 6.07. The van der Waals surface area contributed by atoms with E-state index < -0.39 is 0 Å². The van der Waals surface area contributed by atoms with Gasteiger partial charge in [0.2, 0.25) is 0 Å². The fourth-order valence-corrected chi connectivity index (χ4v) is 2.78. The SMILES string of the molecule is Nc1ccc(SC2CCOC2)c(Cl)c1. The number of ether oxygens (including phenoxy) is 1. The van der Waals surface area contributed by atoms with Crippen molar-refractivity contribution >= 4 is 29.1 Å². The number of anilines is 1. The molecule has 0 aliphatic carbocycles. The normalized spacial score (nSPS) is 21.4. The summed E-state index contributed by atoms with van der Waals surface area (Å²) in [6.45, 7) is 1.69. The second-order valence-corrected chi connectivity index (χ2v) is 5.04. The Morgan fingerprint density at radius 3 is 3.00 bits per heavy atom. The molecule has 76 valence electrons. The summed E-state index contributed by atoms with van der Waals surface area (Å²) in [5.74, 6) is 0. The van der Waals surface area contributed by atoms with Gasteiger partial charge in [-0.2, -0.15) is 0 Å². The van der Waals surface area contributed by atoms with Crippen LogP contribution in [-0.2, 0) is 4.74 Å². The Balaban J connectivity index is 2.08. The molecular formula is C10H12ClNOS. The van der Waals surface area contributed by atoms with Gasteiger partial charge < -0.3 is 10.5 Å². The van der Waals surface area contributed by atoms with Gasteiger partial charge in [0.15, 0.2) is 0 Å². The fourth-order valence-electron chi connectivity index (χ4n) is 1.40. The minimum absolute atomic E-state index is 0.538. The van der Waals surface area contributed by atoms with Crippen LogP contribution in [0.1, 0.15) is 6.42 Å². The van der Waals surface area contributed by atoms with Crippen LogP contribution >= 0.6 is 23.4 Å². The summed E-state index contributed by atoms with van der Waals surface area (Å²) in [5, 5.41) is 1.28. The average Bonchev–Trinajstić information content (AvgIpc) is 2.62. The zero-order chi connectivity index (χ0) is 9.97. The van der Waals surface area contributed by atoms with E-state index >= 15 is 0 Å². The highest BCUT2D eigenvalue weighted by Crippen LogP contribution is 2.34. The van der Waals surface area contributed by atoms with E-state index in [1.165, 1.54) is 0 Å². The lowest BCUT2D eigenvalue weighted by molar-refractivity contribution is 0.199. The molecule has 2 nitrogen and oxygen atoms in total. The lowest BCUT2D eigenvalue weighted by Crippen LogP contribution is -2.00. The van der Waals surface area contributed by atoms with Crippen molar-refractivity contribution in [1.29, 1.82) is 0 Å². The first-order chi connectivity index (χ1) is 6.75. The third-order valence-electron chi connectivity index (χ3n) is 2.14. The van der Waals surface area contributed by atoms with E-state index in [1.54, 1.807) is 17.8 Å². The number of hydrogen-bond acceptors (Lipinski definition) is 3. The predicted octanol–water partition coefficient (Wildman–Crippen LogP) is 2.80. The average molecular weight is 230 g/mol. The molecule has 0 radical (unpaired) electrons. The van der Waals surface area contributed by atoms with Gasteiger partial charge in [-0.1, -0.05) is 11.6 Å². The molecular weight excluding hydrogens is 218 g/mol. The van der Waals surface area contributed by atoms with Crippen LogP contribution in [0.4, 0.5) is 5.69 Å². The number of thioether (sulfide) groups is 1. The number of benzene rings is 1.